The molecule has 2 aromatic carbocycles. The fraction of sp³-hybridized carbons (Fsp3) is 0.333. The quantitative estimate of drug-likeness (QED) is 0.807. The van der Waals surface area contributed by atoms with Crippen LogP contribution in [0, 0.1) is 6.92 Å². The number of sulfone groups is 1. The molecule has 1 aliphatic heterocycles. The van der Waals surface area contributed by atoms with Crippen LogP contribution in [0.4, 0.5) is 14.5 Å². The van der Waals surface area contributed by atoms with Crippen molar-refractivity contribution >= 4 is 27.9 Å². The molecule has 148 valence electrons. The van der Waals surface area contributed by atoms with Crippen molar-refractivity contribution in [2.24, 2.45) is 0 Å². The van der Waals surface area contributed by atoms with Crippen molar-refractivity contribution < 1.29 is 21.9 Å². The lowest BCUT2D eigenvalue weighted by Crippen LogP contribution is -2.43. The van der Waals surface area contributed by atoms with E-state index in [1.807, 2.05) is 6.92 Å². The summed E-state index contributed by atoms with van der Waals surface area (Å²) in [4.78, 5) is 2.19. The van der Waals surface area contributed by atoms with E-state index in [0.717, 1.165) is 43.5 Å². The van der Waals surface area contributed by atoms with Crippen molar-refractivity contribution in [1.29, 1.82) is 0 Å². The number of nitrogens with zero attached hydrogens (tertiary/aromatic N) is 1. The third kappa shape index (κ3) is 4.88. The SMILES string of the molecule is Cc1ccc(S(=O)(=O)c2cccc(OC(F)F)c2)cc1N1CCNCC1.Cl. The van der Waals surface area contributed by atoms with Crippen LogP contribution in [0.2, 0.25) is 0 Å². The molecule has 1 N–H and O–H groups in total. The number of halogens is 3. The first-order valence-electron chi connectivity index (χ1n) is 8.24. The van der Waals surface area contributed by atoms with Gasteiger partial charge >= 0.3 is 6.61 Å². The Labute approximate surface area is 163 Å². The van der Waals surface area contributed by atoms with Crippen LogP contribution in [-0.2, 0) is 9.84 Å². The summed E-state index contributed by atoms with van der Waals surface area (Å²) in [6.07, 6.45) is 0. The molecule has 2 aromatic rings. The van der Waals surface area contributed by atoms with Crippen LogP contribution in [0.15, 0.2) is 52.3 Å². The second kappa shape index (κ2) is 8.86. The molecule has 0 radical (unpaired) electrons. The normalized spacial score (nSPS) is 14.7. The smallest absolute Gasteiger partial charge is 0.387 e. The van der Waals surface area contributed by atoms with Crippen LogP contribution in [0.25, 0.3) is 0 Å². The summed E-state index contributed by atoms with van der Waals surface area (Å²) in [6.45, 7) is 2.19. The molecular formula is C18H21ClF2N2O3S. The maximum Gasteiger partial charge on any atom is 0.387 e. The summed E-state index contributed by atoms with van der Waals surface area (Å²) < 4.78 is 55.0. The van der Waals surface area contributed by atoms with Crippen LogP contribution in [-0.4, -0.2) is 41.2 Å². The molecule has 1 fully saturated rings. The lowest BCUT2D eigenvalue weighted by Gasteiger charge is -2.31. The van der Waals surface area contributed by atoms with Gasteiger partial charge in [0.15, 0.2) is 0 Å². The van der Waals surface area contributed by atoms with Gasteiger partial charge in [0, 0.05) is 31.9 Å². The van der Waals surface area contributed by atoms with E-state index in [9.17, 15) is 17.2 Å². The highest BCUT2D eigenvalue weighted by molar-refractivity contribution is 7.91. The van der Waals surface area contributed by atoms with Gasteiger partial charge in [0.25, 0.3) is 0 Å². The maximum atomic E-state index is 12.9. The van der Waals surface area contributed by atoms with E-state index in [1.54, 1.807) is 12.1 Å². The number of rotatable bonds is 5. The monoisotopic (exact) mass is 418 g/mol. The molecule has 0 spiro atoms. The number of hydrogen-bond donors (Lipinski definition) is 1. The van der Waals surface area contributed by atoms with Crippen molar-refractivity contribution in [1.82, 2.24) is 5.32 Å². The van der Waals surface area contributed by atoms with Crippen LogP contribution in [0.5, 0.6) is 5.75 Å². The molecule has 0 aliphatic carbocycles. The molecular weight excluding hydrogens is 398 g/mol. The predicted octanol–water partition coefficient (Wildman–Crippen LogP) is 3.26. The van der Waals surface area contributed by atoms with Crippen LogP contribution >= 0.6 is 12.4 Å². The van der Waals surface area contributed by atoms with E-state index in [4.69, 9.17) is 0 Å². The Hall–Kier alpha value is -1.90. The van der Waals surface area contributed by atoms with Crippen LogP contribution in [0.3, 0.4) is 0 Å². The highest BCUT2D eigenvalue weighted by Gasteiger charge is 2.22. The summed E-state index contributed by atoms with van der Waals surface area (Å²) in [5, 5.41) is 3.26. The average Bonchev–Trinajstić information content (AvgIpc) is 2.62. The van der Waals surface area contributed by atoms with Crippen LogP contribution in [0.1, 0.15) is 5.56 Å². The van der Waals surface area contributed by atoms with Crippen molar-refractivity contribution in [3.05, 3.63) is 48.0 Å². The first-order chi connectivity index (χ1) is 12.4. The van der Waals surface area contributed by atoms with Crippen LogP contribution < -0.4 is 15.0 Å². The Kier molecular flexibility index (Phi) is 7.02. The Bertz CT molecular complexity index is 888. The molecule has 0 saturated carbocycles. The van der Waals surface area contributed by atoms with E-state index < -0.39 is 16.4 Å². The van der Waals surface area contributed by atoms with E-state index in [1.165, 1.54) is 24.3 Å². The highest BCUT2D eigenvalue weighted by atomic mass is 35.5. The second-order valence-corrected chi connectivity index (χ2v) is 7.99. The van der Waals surface area contributed by atoms with Gasteiger partial charge in [-0.05, 0) is 42.8 Å². The molecule has 5 nitrogen and oxygen atoms in total. The molecule has 0 atom stereocenters. The lowest BCUT2D eigenvalue weighted by molar-refractivity contribution is -0.0499. The molecule has 3 rings (SSSR count). The summed E-state index contributed by atoms with van der Waals surface area (Å²) in [7, 11) is -3.84. The van der Waals surface area contributed by atoms with Gasteiger partial charge in [-0.2, -0.15) is 8.78 Å². The number of benzene rings is 2. The zero-order chi connectivity index (χ0) is 18.7. The highest BCUT2D eigenvalue weighted by Crippen LogP contribution is 2.29. The van der Waals surface area contributed by atoms with Gasteiger partial charge in [-0.25, -0.2) is 8.42 Å². The third-order valence-electron chi connectivity index (χ3n) is 4.29. The number of alkyl halides is 2. The largest absolute Gasteiger partial charge is 0.435 e. The van der Waals surface area contributed by atoms with Gasteiger partial charge in [-0.15, -0.1) is 12.4 Å². The summed E-state index contributed by atoms with van der Waals surface area (Å²) in [6, 6.07) is 10.1. The van der Waals surface area contributed by atoms with E-state index in [-0.39, 0.29) is 27.9 Å². The molecule has 1 saturated heterocycles. The maximum absolute atomic E-state index is 12.9. The van der Waals surface area contributed by atoms with E-state index in [0.29, 0.717) is 0 Å². The Balaban J connectivity index is 0.00000261. The fourth-order valence-corrected chi connectivity index (χ4v) is 4.27. The van der Waals surface area contributed by atoms with E-state index >= 15 is 0 Å². The third-order valence-corrected chi connectivity index (χ3v) is 6.04. The number of piperazine rings is 1. The Morgan fingerprint density at radius 1 is 1.07 bits per heavy atom. The van der Waals surface area contributed by atoms with E-state index in [2.05, 4.69) is 15.0 Å². The minimum Gasteiger partial charge on any atom is -0.435 e. The zero-order valence-corrected chi connectivity index (χ0v) is 16.3. The van der Waals surface area contributed by atoms with Gasteiger partial charge in [-0.3, -0.25) is 0 Å². The summed E-state index contributed by atoms with van der Waals surface area (Å²) in [5.41, 5.74) is 1.85. The van der Waals surface area contributed by atoms with Gasteiger partial charge in [0.1, 0.15) is 5.75 Å². The van der Waals surface area contributed by atoms with Crippen molar-refractivity contribution in [3.8, 4) is 5.75 Å². The van der Waals surface area contributed by atoms with Gasteiger partial charge in [0.05, 0.1) is 9.79 Å². The molecule has 1 aliphatic rings. The first kappa shape index (κ1) is 21.4. The van der Waals surface area contributed by atoms with Gasteiger partial charge in [-0.1, -0.05) is 12.1 Å². The number of anilines is 1. The first-order valence-corrected chi connectivity index (χ1v) is 9.72. The fourth-order valence-electron chi connectivity index (χ4n) is 2.96. The van der Waals surface area contributed by atoms with Crippen molar-refractivity contribution in [2.75, 3.05) is 31.1 Å². The molecule has 0 aromatic heterocycles. The summed E-state index contributed by atoms with van der Waals surface area (Å²) >= 11 is 0. The van der Waals surface area contributed by atoms with Gasteiger partial charge in [0.2, 0.25) is 9.84 Å². The van der Waals surface area contributed by atoms with Crippen molar-refractivity contribution in [3.63, 3.8) is 0 Å². The molecule has 0 amide bonds. The molecule has 27 heavy (non-hydrogen) atoms. The minimum atomic E-state index is -3.84. The summed E-state index contributed by atoms with van der Waals surface area (Å²) in [5.74, 6) is -0.185. The number of aryl methyl sites for hydroxylation is 1. The topological polar surface area (TPSA) is 58.6 Å². The molecule has 0 bridgehead atoms. The van der Waals surface area contributed by atoms with Gasteiger partial charge < -0.3 is 15.0 Å². The lowest BCUT2D eigenvalue weighted by atomic mass is 10.1. The van der Waals surface area contributed by atoms with Crippen molar-refractivity contribution in [2.45, 2.75) is 23.3 Å². The number of hydrogen-bond acceptors (Lipinski definition) is 5. The Morgan fingerprint density at radius 3 is 2.41 bits per heavy atom. The molecule has 0 unspecified atom stereocenters. The number of nitrogens with one attached hydrogen (secondary N) is 1. The standard InChI is InChI=1S/C18H20F2N2O3S.ClH/c1-13-5-6-16(12-17(13)22-9-7-21-8-10-22)26(23,24)15-4-2-3-14(11-15)25-18(19)20;/h2-6,11-12,18,21H,7-10H2,1H3;1H. The predicted molar refractivity (Wildman–Crippen MR) is 102 cm³/mol. The number of ether oxygens (including phenoxy) is 1. The zero-order valence-electron chi connectivity index (χ0n) is 14.7. The second-order valence-electron chi connectivity index (χ2n) is 6.04. The minimum absolute atomic E-state index is 0. The Morgan fingerprint density at radius 2 is 1.74 bits per heavy atom. The molecule has 1 heterocycles. The molecule has 9 heteroatoms. The average molecular weight is 419 g/mol.